The number of carbonyl (C=O) groups excluding carboxylic acids is 1. The van der Waals surface area contributed by atoms with Crippen molar-refractivity contribution in [1.82, 2.24) is 8.87 Å². The number of nitrogens with zero attached hydrogens (tertiary/aromatic N) is 3. The van der Waals surface area contributed by atoms with Crippen molar-refractivity contribution in [1.29, 1.82) is 0 Å². The van der Waals surface area contributed by atoms with Gasteiger partial charge in [-0.1, -0.05) is 25.3 Å². The number of hydrogen-bond acceptors (Lipinski definition) is 4. The highest BCUT2D eigenvalue weighted by Crippen LogP contribution is 2.21. The molecule has 1 aliphatic rings. The summed E-state index contributed by atoms with van der Waals surface area (Å²) in [5.74, 6) is -0.270. The number of rotatable bonds is 4. The Labute approximate surface area is 173 Å². The van der Waals surface area contributed by atoms with E-state index >= 15 is 0 Å². The van der Waals surface area contributed by atoms with Crippen molar-refractivity contribution in [2.45, 2.75) is 56.9 Å². The molecule has 0 atom stereocenters. The van der Waals surface area contributed by atoms with Crippen molar-refractivity contribution in [3.63, 3.8) is 0 Å². The van der Waals surface area contributed by atoms with Crippen molar-refractivity contribution >= 4 is 15.9 Å². The van der Waals surface area contributed by atoms with Gasteiger partial charge in [-0.25, -0.2) is 12.7 Å². The molecule has 0 spiro atoms. The van der Waals surface area contributed by atoms with E-state index in [0.29, 0.717) is 11.1 Å². The van der Waals surface area contributed by atoms with Crippen LogP contribution in [-0.2, 0) is 10.0 Å². The number of aryl methyl sites for hydroxylation is 2. The molecule has 0 saturated heterocycles. The Balaban J connectivity index is 2.09. The van der Waals surface area contributed by atoms with E-state index in [1.807, 2.05) is 26.0 Å². The van der Waals surface area contributed by atoms with Gasteiger partial charge in [-0.15, -0.1) is 0 Å². The Morgan fingerprint density at radius 3 is 2.41 bits per heavy atom. The molecule has 0 amide bonds. The lowest BCUT2D eigenvalue weighted by Crippen LogP contribution is -2.30. The van der Waals surface area contributed by atoms with E-state index in [1.165, 1.54) is 37.2 Å². The number of aromatic nitrogens is 1. The molecule has 1 aliphatic carbocycles. The normalized spacial score (nSPS) is 16.4. The minimum Gasteiger partial charge on any atom is -0.268 e. The van der Waals surface area contributed by atoms with Gasteiger partial charge in [0.2, 0.25) is 10.0 Å². The molecule has 156 valence electrons. The second kappa shape index (κ2) is 8.63. The van der Waals surface area contributed by atoms with Crippen LogP contribution in [-0.4, -0.2) is 43.3 Å². The number of sulfonamides is 1. The van der Waals surface area contributed by atoms with Crippen LogP contribution in [0, 0.1) is 13.8 Å². The van der Waals surface area contributed by atoms with E-state index in [-0.39, 0.29) is 16.8 Å². The van der Waals surface area contributed by atoms with Crippen LogP contribution in [0.4, 0.5) is 0 Å². The third kappa shape index (κ3) is 4.67. The summed E-state index contributed by atoms with van der Waals surface area (Å²) in [6.07, 6.45) is 7.38. The maximum Gasteiger partial charge on any atom is 0.263 e. The number of benzene rings is 1. The summed E-state index contributed by atoms with van der Waals surface area (Å²) in [6.45, 7) is 3.79. The lowest BCUT2D eigenvalue weighted by Gasteiger charge is -2.18. The molecule has 1 aromatic carbocycles. The monoisotopic (exact) mass is 415 g/mol. The standard InChI is InChI=1S/C22H29N3O3S/c1-16-12-13-25(21(14-16)23-18-8-6-5-7-9-18)22(26)20-15-19(11-10-17(20)2)29(27,28)24(3)4/h10-15,18H,5-9H2,1-4H3. The Morgan fingerprint density at radius 2 is 1.76 bits per heavy atom. The number of carbonyl (C=O) groups is 1. The smallest absolute Gasteiger partial charge is 0.263 e. The van der Waals surface area contributed by atoms with Crippen molar-refractivity contribution in [3.05, 3.63) is 58.7 Å². The van der Waals surface area contributed by atoms with Crippen LogP contribution in [0.5, 0.6) is 0 Å². The van der Waals surface area contributed by atoms with Gasteiger partial charge < -0.3 is 0 Å². The van der Waals surface area contributed by atoms with Crippen molar-refractivity contribution < 1.29 is 13.2 Å². The Kier molecular flexibility index (Phi) is 6.39. The summed E-state index contributed by atoms with van der Waals surface area (Å²) in [4.78, 5) is 18.4. The molecule has 3 rings (SSSR count). The molecule has 6 nitrogen and oxygen atoms in total. The molecule has 1 fully saturated rings. The molecule has 1 aromatic heterocycles. The van der Waals surface area contributed by atoms with Crippen LogP contribution < -0.4 is 5.49 Å². The summed E-state index contributed by atoms with van der Waals surface area (Å²) in [5.41, 5.74) is 2.75. The molecule has 29 heavy (non-hydrogen) atoms. The van der Waals surface area contributed by atoms with E-state index < -0.39 is 10.0 Å². The topological polar surface area (TPSA) is 71.7 Å². The van der Waals surface area contributed by atoms with Crippen molar-refractivity contribution in [2.24, 2.45) is 4.99 Å². The average molecular weight is 416 g/mol. The molecule has 0 aliphatic heterocycles. The maximum atomic E-state index is 13.4. The maximum absolute atomic E-state index is 13.4. The molecular formula is C22H29N3O3S. The summed E-state index contributed by atoms with van der Waals surface area (Å²) in [5, 5.41) is 0. The van der Waals surface area contributed by atoms with E-state index in [0.717, 1.165) is 41.1 Å². The second-order valence-electron chi connectivity index (χ2n) is 7.92. The highest BCUT2D eigenvalue weighted by Gasteiger charge is 2.21. The van der Waals surface area contributed by atoms with Crippen molar-refractivity contribution in [2.75, 3.05) is 14.1 Å². The third-order valence-corrected chi connectivity index (χ3v) is 7.23. The highest BCUT2D eigenvalue weighted by atomic mass is 32.2. The van der Waals surface area contributed by atoms with Crippen LogP contribution >= 0.6 is 0 Å². The van der Waals surface area contributed by atoms with Crippen LogP contribution in [0.2, 0.25) is 0 Å². The van der Waals surface area contributed by atoms with Crippen LogP contribution in [0.25, 0.3) is 0 Å². The molecular weight excluding hydrogens is 386 g/mol. The zero-order valence-electron chi connectivity index (χ0n) is 17.6. The van der Waals surface area contributed by atoms with Gasteiger partial charge in [0.15, 0.2) is 0 Å². The predicted molar refractivity (Wildman–Crippen MR) is 113 cm³/mol. The molecule has 0 radical (unpaired) electrons. The first-order valence-corrected chi connectivity index (χ1v) is 11.4. The third-order valence-electron chi connectivity index (χ3n) is 5.42. The summed E-state index contributed by atoms with van der Waals surface area (Å²) in [6, 6.07) is 8.69. The first-order valence-electron chi connectivity index (χ1n) is 10.0. The molecule has 2 aromatic rings. The Morgan fingerprint density at radius 1 is 1.07 bits per heavy atom. The molecule has 0 unspecified atom stereocenters. The first-order chi connectivity index (χ1) is 13.7. The van der Waals surface area contributed by atoms with Crippen LogP contribution in [0.15, 0.2) is 46.4 Å². The van der Waals surface area contributed by atoms with Gasteiger partial charge in [0.25, 0.3) is 5.91 Å². The molecule has 7 heteroatoms. The second-order valence-corrected chi connectivity index (χ2v) is 10.1. The fourth-order valence-electron chi connectivity index (χ4n) is 3.59. The van der Waals surface area contributed by atoms with Gasteiger partial charge in [-0.05, 0) is 62.1 Å². The zero-order chi connectivity index (χ0) is 21.2. The van der Waals surface area contributed by atoms with Gasteiger partial charge in [-0.2, -0.15) is 0 Å². The summed E-state index contributed by atoms with van der Waals surface area (Å²) in [7, 11) is -0.666. The van der Waals surface area contributed by atoms with E-state index in [2.05, 4.69) is 0 Å². The number of hydrogen-bond donors (Lipinski definition) is 0. The molecule has 1 heterocycles. The lowest BCUT2D eigenvalue weighted by molar-refractivity contribution is 0.0953. The van der Waals surface area contributed by atoms with Crippen LogP contribution in [0.1, 0.15) is 53.6 Å². The SMILES string of the molecule is Cc1ccn(C(=O)c2cc(S(=O)(=O)N(C)C)ccc2C)c(=NC2CCCCC2)c1. The quantitative estimate of drug-likeness (QED) is 0.769. The number of pyridine rings is 1. The molecule has 0 bridgehead atoms. The fourth-order valence-corrected chi connectivity index (χ4v) is 4.52. The highest BCUT2D eigenvalue weighted by molar-refractivity contribution is 7.89. The Bertz CT molecular complexity index is 1080. The zero-order valence-corrected chi connectivity index (χ0v) is 18.4. The van der Waals surface area contributed by atoms with Crippen LogP contribution in [0.3, 0.4) is 0 Å². The summed E-state index contributed by atoms with van der Waals surface area (Å²) >= 11 is 0. The van der Waals surface area contributed by atoms with Gasteiger partial charge in [0, 0.05) is 25.9 Å². The van der Waals surface area contributed by atoms with Gasteiger partial charge in [-0.3, -0.25) is 14.4 Å². The van der Waals surface area contributed by atoms with Gasteiger partial charge in [0.1, 0.15) is 5.49 Å². The van der Waals surface area contributed by atoms with E-state index in [9.17, 15) is 13.2 Å². The predicted octanol–water partition coefficient (Wildman–Crippen LogP) is 3.28. The Hall–Kier alpha value is -2.25. The van der Waals surface area contributed by atoms with Gasteiger partial charge in [0.05, 0.1) is 10.9 Å². The van der Waals surface area contributed by atoms with Gasteiger partial charge >= 0.3 is 0 Å². The van der Waals surface area contributed by atoms with E-state index in [4.69, 9.17) is 4.99 Å². The average Bonchev–Trinajstić information content (AvgIpc) is 2.68. The summed E-state index contributed by atoms with van der Waals surface area (Å²) < 4.78 is 27.7. The fraction of sp³-hybridized carbons (Fsp3) is 0.455. The minimum absolute atomic E-state index is 0.106. The lowest BCUT2D eigenvalue weighted by atomic mass is 9.96. The van der Waals surface area contributed by atoms with Crippen molar-refractivity contribution in [3.8, 4) is 0 Å². The van der Waals surface area contributed by atoms with E-state index in [1.54, 1.807) is 12.3 Å². The molecule has 1 saturated carbocycles. The largest absolute Gasteiger partial charge is 0.268 e. The molecule has 0 N–H and O–H groups in total. The minimum atomic E-state index is -3.62. The first kappa shape index (κ1) is 21.5.